The average molecular weight is 455 g/mol. The molecule has 1 atom stereocenters. The Bertz CT molecular complexity index is 1200. The van der Waals surface area contributed by atoms with E-state index in [4.69, 9.17) is 14.5 Å². The van der Waals surface area contributed by atoms with Crippen molar-refractivity contribution in [1.29, 1.82) is 0 Å². The number of hydrogen-bond acceptors (Lipinski definition) is 7. The number of hydrogen-bond donors (Lipinski definition) is 2. The molecule has 1 amide bonds. The highest BCUT2D eigenvalue weighted by atomic mass is 32.1. The van der Waals surface area contributed by atoms with Crippen LogP contribution in [-0.2, 0) is 22.3 Å². The zero-order valence-corrected chi connectivity index (χ0v) is 19.2. The zero-order chi connectivity index (χ0) is 22.5. The van der Waals surface area contributed by atoms with E-state index in [9.17, 15) is 9.59 Å². The lowest BCUT2D eigenvalue weighted by atomic mass is 9.94. The van der Waals surface area contributed by atoms with Crippen LogP contribution in [0.3, 0.4) is 0 Å². The highest BCUT2D eigenvalue weighted by Gasteiger charge is 2.35. The lowest BCUT2D eigenvalue weighted by Crippen LogP contribution is -2.48. The van der Waals surface area contributed by atoms with Crippen molar-refractivity contribution in [2.24, 2.45) is 0 Å². The number of ether oxygens (including phenoxy) is 2. The number of nitrogens with zero attached hydrogens (tertiary/aromatic N) is 2. The number of nitrogens with one attached hydrogen (secondary N) is 2. The summed E-state index contributed by atoms with van der Waals surface area (Å²) in [4.78, 5) is 35.7. The van der Waals surface area contributed by atoms with Gasteiger partial charge in [-0.3, -0.25) is 4.79 Å². The summed E-state index contributed by atoms with van der Waals surface area (Å²) < 4.78 is 10.7. The van der Waals surface area contributed by atoms with Gasteiger partial charge in [-0.15, -0.1) is 0 Å². The number of thiazole rings is 1. The summed E-state index contributed by atoms with van der Waals surface area (Å²) in [5.41, 5.74) is 3.19. The Hall–Kier alpha value is -2.91. The van der Waals surface area contributed by atoms with Crippen molar-refractivity contribution in [2.75, 3.05) is 31.8 Å². The molecule has 8 nitrogen and oxygen atoms in total. The van der Waals surface area contributed by atoms with E-state index in [0.29, 0.717) is 23.7 Å². The molecule has 0 aliphatic carbocycles. The fourth-order valence-electron chi connectivity index (χ4n) is 4.51. The molecule has 2 aliphatic rings. The normalized spacial score (nSPS) is 20.2. The van der Waals surface area contributed by atoms with Crippen molar-refractivity contribution in [3.8, 4) is 0 Å². The van der Waals surface area contributed by atoms with E-state index in [0.717, 1.165) is 46.7 Å². The lowest BCUT2D eigenvalue weighted by Gasteiger charge is -2.35. The number of rotatable bonds is 4. The van der Waals surface area contributed by atoms with Crippen LogP contribution in [0.1, 0.15) is 45.1 Å². The van der Waals surface area contributed by atoms with Crippen LogP contribution in [-0.4, -0.2) is 60.3 Å². The van der Waals surface area contributed by atoms with E-state index in [-0.39, 0.29) is 23.5 Å². The minimum Gasteiger partial charge on any atom is -0.465 e. The smallest absolute Gasteiger partial charge is 0.337 e. The molecule has 0 bridgehead atoms. The molecule has 0 saturated carbocycles. The first-order valence-electron chi connectivity index (χ1n) is 10.7. The number of H-pyrrole nitrogens is 1. The van der Waals surface area contributed by atoms with Crippen LogP contribution in [0.15, 0.2) is 24.4 Å². The molecule has 9 heteroatoms. The summed E-state index contributed by atoms with van der Waals surface area (Å²) in [6.45, 7) is 5.95. The number of carbonyl (C=O) groups is 2. The molecule has 1 saturated heterocycles. The third-order valence-corrected chi connectivity index (χ3v) is 7.20. The molecule has 1 fully saturated rings. The summed E-state index contributed by atoms with van der Waals surface area (Å²) in [5.74, 6) is -0.395. The molecule has 1 aromatic carbocycles. The number of amides is 1. The molecule has 2 aromatic heterocycles. The van der Waals surface area contributed by atoms with E-state index in [2.05, 4.69) is 15.2 Å². The molecule has 4 heterocycles. The van der Waals surface area contributed by atoms with Gasteiger partial charge in [-0.05, 0) is 44.0 Å². The predicted molar refractivity (Wildman–Crippen MR) is 123 cm³/mol. The number of anilines is 1. The van der Waals surface area contributed by atoms with Crippen LogP contribution in [0.2, 0.25) is 0 Å². The van der Waals surface area contributed by atoms with Crippen LogP contribution in [0.25, 0.3) is 10.9 Å². The van der Waals surface area contributed by atoms with Crippen molar-refractivity contribution in [2.45, 2.75) is 38.3 Å². The highest BCUT2D eigenvalue weighted by Crippen LogP contribution is 2.34. The maximum Gasteiger partial charge on any atom is 0.337 e. The quantitative estimate of drug-likeness (QED) is 0.589. The van der Waals surface area contributed by atoms with Gasteiger partial charge >= 0.3 is 5.97 Å². The minimum absolute atomic E-state index is 0.0447. The third-order valence-electron chi connectivity index (χ3n) is 6.07. The number of fused-ring (bicyclic) bond motifs is 2. The summed E-state index contributed by atoms with van der Waals surface area (Å²) in [7, 11) is 1.39. The van der Waals surface area contributed by atoms with Gasteiger partial charge in [0.1, 0.15) is 4.88 Å². The first-order chi connectivity index (χ1) is 15.3. The van der Waals surface area contributed by atoms with Gasteiger partial charge in [0.2, 0.25) is 0 Å². The van der Waals surface area contributed by atoms with Crippen molar-refractivity contribution >= 4 is 39.2 Å². The molecule has 0 unspecified atom stereocenters. The van der Waals surface area contributed by atoms with Gasteiger partial charge in [-0.1, -0.05) is 11.3 Å². The number of carbonyl (C=O) groups excluding carboxylic acids is 2. The fraction of sp³-hybridized carbons (Fsp3) is 0.435. The van der Waals surface area contributed by atoms with Gasteiger partial charge < -0.3 is 24.7 Å². The number of methoxy groups -OCH3 is 1. The maximum absolute atomic E-state index is 12.6. The first kappa shape index (κ1) is 21.0. The predicted octanol–water partition coefficient (Wildman–Crippen LogP) is 2.92. The minimum atomic E-state index is -0.351. The standard InChI is InChI=1S/C23H26N4O4S/c1-23(2)10-18-19(20(28)26-23)32-22(25-18)27-6-7-31-12-15(27)8-14-11-24-17-5-4-13(9-16(14)17)21(29)30-3/h4-5,9,11,15,24H,6-8,10,12H2,1-3H3,(H,26,28)/t15-/m0/s1. The van der Waals surface area contributed by atoms with Crippen molar-refractivity contribution < 1.29 is 19.1 Å². The fourth-order valence-corrected chi connectivity index (χ4v) is 5.58. The number of aromatic nitrogens is 2. The van der Waals surface area contributed by atoms with Crippen molar-refractivity contribution in [3.05, 3.63) is 46.1 Å². The van der Waals surface area contributed by atoms with Gasteiger partial charge in [0.15, 0.2) is 5.13 Å². The largest absolute Gasteiger partial charge is 0.465 e. The van der Waals surface area contributed by atoms with Gasteiger partial charge in [0.25, 0.3) is 5.91 Å². The van der Waals surface area contributed by atoms with Crippen LogP contribution < -0.4 is 10.2 Å². The molecule has 0 spiro atoms. The summed E-state index contributed by atoms with van der Waals surface area (Å²) in [6, 6.07) is 5.61. The van der Waals surface area contributed by atoms with E-state index >= 15 is 0 Å². The van der Waals surface area contributed by atoms with Crippen LogP contribution in [0.4, 0.5) is 5.13 Å². The lowest BCUT2D eigenvalue weighted by molar-refractivity contribution is 0.0600. The molecule has 2 N–H and O–H groups in total. The Kier molecular flexibility index (Phi) is 5.17. The third kappa shape index (κ3) is 3.75. The average Bonchev–Trinajstić information content (AvgIpc) is 3.37. The van der Waals surface area contributed by atoms with Crippen LogP contribution in [0, 0.1) is 0 Å². The molecule has 0 radical (unpaired) electrons. The molecular formula is C23H26N4O4S. The van der Waals surface area contributed by atoms with Gasteiger partial charge in [-0.25, -0.2) is 9.78 Å². The number of benzene rings is 1. The van der Waals surface area contributed by atoms with Gasteiger partial charge in [0, 0.05) is 35.6 Å². The summed E-state index contributed by atoms with van der Waals surface area (Å²) in [5, 5.41) is 4.93. The molecule has 2 aliphatic heterocycles. The molecular weight excluding hydrogens is 428 g/mol. The number of esters is 1. The van der Waals surface area contributed by atoms with E-state index in [1.54, 1.807) is 6.07 Å². The Labute approximate surface area is 189 Å². The molecule has 5 rings (SSSR count). The second-order valence-corrected chi connectivity index (χ2v) is 9.96. The van der Waals surface area contributed by atoms with Gasteiger partial charge in [-0.2, -0.15) is 0 Å². The van der Waals surface area contributed by atoms with Crippen molar-refractivity contribution in [1.82, 2.24) is 15.3 Å². The Balaban J connectivity index is 1.44. The highest BCUT2D eigenvalue weighted by molar-refractivity contribution is 7.17. The molecule has 3 aromatic rings. The number of aromatic amines is 1. The Morgan fingerprint density at radius 1 is 1.41 bits per heavy atom. The maximum atomic E-state index is 12.6. The second-order valence-electron chi connectivity index (χ2n) is 8.98. The Morgan fingerprint density at radius 2 is 2.25 bits per heavy atom. The van der Waals surface area contributed by atoms with Crippen LogP contribution in [0.5, 0.6) is 0 Å². The Morgan fingerprint density at radius 3 is 3.06 bits per heavy atom. The summed E-state index contributed by atoms with van der Waals surface area (Å²) >= 11 is 1.46. The van der Waals surface area contributed by atoms with Crippen molar-refractivity contribution in [3.63, 3.8) is 0 Å². The first-order valence-corrected chi connectivity index (χ1v) is 11.5. The van der Waals surface area contributed by atoms with Gasteiger partial charge in [0.05, 0.1) is 37.6 Å². The SMILES string of the molecule is COC(=O)c1ccc2[nH]cc(C[C@H]3COCCN3c3nc4c(s3)C(=O)NC(C)(C)C4)c2c1. The van der Waals surface area contributed by atoms with E-state index < -0.39 is 0 Å². The second kappa shape index (κ2) is 7.90. The van der Waals surface area contributed by atoms with E-state index in [1.165, 1.54) is 18.4 Å². The summed E-state index contributed by atoms with van der Waals surface area (Å²) in [6.07, 6.45) is 3.44. The monoisotopic (exact) mass is 454 g/mol. The topological polar surface area (TPSA) is 96.6 Å². The molecule has 168 valence electrons. The molecule has 32 heavy (non-hydrogen) atoms. The van der Waals surface area contributed by atoms with Crippen LogP contribution >= 0.6 is 11.3 Å². The number of morpholine rings is 1. The zero-order valence-electron chi connectivity index (χ0n) is 18.4. The van der Waals surface area contributed by atoms with E-state index in [1.807, 2.05) is 32.2 Å².